The number of likely N-dealkylation sites (tertiary alicyclic amines) is 1. The molecule has 126 valence electrons. The fourth-order valence-electron chi connectivity index (χ4n) is 3.16. The van der Waals surface area contributed by atoms with Gasteiger partial charge in [0.25, 0.3) is 0 Å². The van der Waals surface area contributed by atoms with Crippen LogP contribution in [-0.4, -0.2) is 39.0 Å². The van der Waals surface area contributed by atoms with Crippen molar-refractivity contribution in [3.63, 3.8) is 0 Å². The van der Waals surface area contributed by atoms with Gasteiger partial charge >= 0.3 is 5.97 Å². The van der Waals surface area contributed by atoms with Crippen LogP contribution >= 0.6 is 0 Å². The van der Waals surface area contributed by atoms with E-state index in [1.807, 2.05) is 11.8 Å². The Morgan fingerprint density at radius 2 is 2.12 bits per heavy atom. The summed E-state index contributed by atoms with van der Waals surface area (Å²) in [6.07, 6.45) is 1.65. The molecule has 1 aliphatic rings. The van der Waals surface area contributed by atoms with Gasteiger partial charge in [0.2, 0.25) is 0 Å². The first-order chi connectivity index (χ1) is 11.4. The smallest absolute Gasteiger partial charge is 0.308 e. The number of benzene rings is 1. The Labute approximate surface area is 138 Å². The van der Waals surface area contributed by atoms with Crippen molar-refractivity contribution in [1.82, 2.24) is 14.9 Å². The van der Waals surface area contributed by atoms with E-state index < -0.39 is 29.4 Å². The second-order valence-corrected chi connectivity index (χ2v) is 6.03. The van der Waals surface area contributed by atoms with Crippen LogP contribution in [0.1, 0.15) is 23.0 Å². The predicted molar refractivity (Wildman–Crippen MR) is 82.3 cm³/mol. The lowest BCUT2D eigenvalue weighted by Crippen LogP contribution is -2.24. The Morgan fingerprint density at radius 3 is 2.79 bits per heavy atom. The first-order valence-electron chi connectivity index (χ1n) is 7.62. The minimum Gasteiger partial charge on any atom is -0.481 e. The molecular formula is C17H17F2N3O2. The van der Waals surface area contributed by atoms with Crippen LogP contribution in [0.2, 0.25) is 0 Å². The number of hydrogen-bond acceptors (Lipinski definition) is 4. The van der Waals surface area contributed by atoms with E-state index in [-0.39, 0.29) is 12.1 Å². The molecule has 0 radical (unpaired) electrons. The molecule has 1 aromatic heterocycles. The number of carbonyl (C=O) groups is 1. The molecule has 24 heavy (non-hydrogen) atoms. The molecule has 0 amide bonds. The van der Waals surface area contributed by atoms with Crippen molar-refractivity contribution >= 4 is 5.97 Å². The lowest BCUT2D eigenvalue weighted by Gasteiger charge is -2.16. The SMILES string of the molecule is Cc1ccnc(CN2C[C@H](C(=O)O)[C@@H](c3ccc(F)cc3F)C2)n1. The van der Waals surface area contributed by atoms with Crippen LogP contribution in [0.4, 0.5) is 8.78 Å². The van der Waals surface area contributed by atoms with Gasteiger partial charge < -0.3 is 5.11 Å². The third kappa shape index (κ3) is 3.41. The maximum atomic E-state index is 14.1. The number of aromatic nitrogens is 2. The van der Waals surface area contributed by atoms with E-state index in [1.54, 1.807) is 12.3 Å². The summed E-state index contributed by atoms with van der Waals surface area (Å²) < 4.78 is 27.2. The molecule has 7 heteroatoms. The predicted octanol–water partition coefficient (Wildman–Crippen LogP) is 2.36. The number of nitrogens with zero attached hydrogens (tertiary/aromatic N) is 3. The van der Waals surface area contributed by atoms with Gasteiger partial charge in [-0.2, -0.15) is 0 Å². The van der Waals surface area contributed by atoms with Gasteiger partial charge in [-0.3, -0.25) is 9.69 Å². The van der Waals surface area contributed by atoms with Gasteiger partial charge in [0.05, 0.1) is 12.5 Å². The van der Waals surface area contributed by atoms with E-state index in [1.165, 1.54) is 6.07 Å². The first-order valence-corrected chi connectivity index (χ1v) is 7.62. The standard InChI is InChI=1S/C17H17F2N3O2/c1-10-4-5-20-16(21-10)9-22-7-13(14(8-22)17(23)24)12-3-2-11(18)6-15(12)19/h2-6,13-14H,7-9H2,1H3,(H,23,24)/t13-,14+/m1/s1. The second kappa shape index (κ2) is 6.60. The summed E-state index contributed by atoms with van der Waals surface area (Å²) in [6.45, 7) is 2.88. The molecule has 1 N–H and O–H groups in total. The molecule has 2 atom stereocenters. The lowest BCUT2D eigenvalue weighted by atomic mass is 9.88. The van der Waals surface area contributed by atoms with E-state index in [0.717, 1.165) is 17.8 Å². The van der Waals surface area contributed by atoms with Crippen LogP contribution in [0, 0.1) is 24.5 Å². The van der Waals surface area contributed by atoms with Crippen molar-refractivity contribution < 1.29 is 18.7 Å². The monoisotopic (exact) mass is 333 g/mol. The number of carboxylic acid groups (broad SMARTS) is 1. The Balaban J connectivity index is 1.83. The van der Waals surface area contributed by atoms with E-state index in [0.29, 0.717) is 18.9 Å². The van der Waals surface area contributed by atoms with E-state index in [4.69, 9.17) is 0 Å². The zero-order chi connectivity index (χ0) is 17.3. The number of halogens is 2. The maximum Gasteiger partial charge on any atom is 0.308 e. The normalized spacial score (nSPS) is 21.1. The van der Waals surface area contributed by atoms with Gasteiger partial charge in [0.15, 0.2) is 0 Å². The van der Waals surface area contributed by atoms with Crippen LogP contribution in [0.15, 0.2) is 30.5 Å². The zero-order valence-electron chi connectivity index (χ0n) is 13.1. The first kappa shape index (κ1) is 16.4. The van der Waals surface area contributed by atoms with E-state index in [2.05, 4.69) is 9.97 Å². The highest BCUT2D eigenvalue weighted by atomic mass is 19.1. The average Bonchev–Trinajstić information content (AvgIpc) is 2.91. The van der Waals surface area contributed by atoms with Gasteiger partial charge in [-0.15, -0.1) is 0 Å². The average molecular weight is 333 g/mol. The summed E-state index contributed by atoms with van der Waals surface area (Å²) >= 11 is 0. The molecule has 0 bridgehead atoms. The zero-order valence-corrected chi connectivity index (χ0v) is 13.1. The minimum absolute atomic E-state index is 0.233. The molecule has 1 aliphatic heterocycles. The molecule has 0 unspecified atom stereocenters. The summed E-state index contributed by atoms with van der Waals surface area (Å²) in [4.78, 5) is 21.9. The third-order valence-corrected chi connectivity index (χ3v) is 4.28. The molecule has 2 heterocycles. The summed E-state index contributed by atoms with van der Waals surface area (Å²) in [7, 11) is 0. The van der Waals surface area contributed by atoms with Gasteiger partial charge in [0.1, 0.15) is 17.5 Å². The molecule has 0 aliphatic carbocycles. The van der Waals surface area contributed by atoms with Crippen LogP contribution in [0.3, 0.4) is 0 Å². The lowest BCUT2D eigenvalue weighted by molar-refractivity contribution is -0.141. The summed E-state index contributed by atoms with van der Waals surface area (Å²) in [6, 6.07) is 5.06. The van der Waals surface area contributed by atoms with Gasteiger partial charge in [-0.1, -0.05) is 6.07 Å². The Bertz CT molecular complexity index is 769. The molecule has 2 aromatic rings. The molecule has 5 nitrogen and oxygen atoms in total. The summed E-state index contributed by atoms with van der Waals surface area (Å²) in [5, 5.41) is 9.46. The quantitative estimate of drug-likeness (QED) is 0.930. The topological polar surface area (TPSA) is 66.3 Å². The third-order valence-electron chi connectivity index (χ3n) is 4.28. The Kier molecular flexibility index (Phi) is 4.53. The number of aliphatic carboxylic acids is 1. The Hall–Kier alpha value is -2.41. The maximum absolute atomic E-state index is 14.1. The van der Waals surface area contributed by atoms with Crippen molar-refractivity contribution in [2.24, 2.45) is 5.92 Å². The number of hydrogen-bond donors (Lipinski definition) is 1. The minimum atomic E-state index is -0.989. The van der Waals surface area contributed by atoms with Gasteiger partial charge in [-0.25, -0.2) is 18.7 Å². The van der Waals surface area contributed by atoms with Crippen molar-refractivity contribution in [1.29, 1.82) is 0 Å². The highest BCUT2D eigenvalue weighted by Crippen LogP contribution is 2.35. The molecule has 0 saturated carbocycles. The molecule has 1 saturated heterocycles. The fourth-order valence-corrected chi connectivity index (χ4v) is 3.16. The van der Waals surface area contributed by atoms with Crippen molar-refractivity contribution in [2.75, 3.05) is 13.1 Å². The highest BCUT2D eigenvalue weighted by molar-refractivity contribution is 5.72. The molecule has 0 spiro atoms. The van der Waals surface area contributed by atoms with E-state index in [9.17, 15) is 18.7 Å². The van der Waals surface area contributed by atoms with Crippen LogP contribution < -0.4 is 0 Å². The molecule has 1 fully saturated rings. The molecule has 1 aromatic carbocycles. The van der Waals surface area contributed by atoms with Crippen molar-refractivity contribution in [3.8, 4) is 0 Å². The number of carboxylic acids is 1. The molecular weight excluding hydrogens is 316 g/mol. The van der Waals surface area contributed by atoms with Crippen LogP contribution in [-0.2, 0) is 11.3 Å². The van der Waals surface area contributed by atoms with Crippen molar-refractivity contribution in [3.05, 3.63) is 59.2 Å². The number of rotatable bonds is 4. The Morgan fingerprint density at radius 1 is 1.33 bits per heavy atom. The summed E-state index contributed by atoms with van der Waals surface area (Å²) in [5.41, 5.74) is 1.06. The molecule has 3 rings (SSSR count). The van der Waals surface area contributed by atoms with Crippen LogP contribution in [0.5, 0.6) is 0 Å². The number of aryl methyl sites for hydroxylation is 1. The fraction of sp³-hybridized carbons (Fsp3) is 0.353. The van der Waals surface area contributed by atoms with Gasteiger partial charge in [0, 0.05) is 37.0 Å². The second-order valence-electron chi connectivity index (χ2n) is 6.03. The highest BCUT2D eigenvalue weighted by Gasteiger charge is 2.39. The van der Waals surface area contributed by atoms with Crippen LogP contribution in [0.25, 0.3) is 0 Å². The summed E-state index contributed by atoms with van der Waals surface area (Å²) in [5.74, 6) is -3.07. The van der Waals surface area contributed by atoms with Gasteiger partial charge in [-0.05, 0) is 24.6 Å². The largest absolute Gasteiger partial charge is 0.481 e. The van der Waals surface area contributed by atoms with Crippen molar-refractivity contribution in [2.45, 2.75) is 19.4 Å². The van der Waals surface area contributed by atoms with E-state index >= 15 is 0 Å².